The third-order valence-corrected chi connectivity index (χ3v) is 6.09. The van der Waals surface area contributed by atoms with Crippen molar-refractivity contribution in [2.75, 3.05) is 25.0 Å². The molecular weight excluding hydrogens is 398 g/mol. The van der Waals surface area contributed by atoms with Crippen molar-refractivity contribution in [1.29, 1.82) is 0 Å². The van der Waals surface area contributed by atoms with Gasteiger partial charge in [-0.05, 0) is 60.3 Å². The van der Waals surface area contributed by atoms with E-state index in [9.17, 15) is 14.4 Å². The highest BCUT2D eigenvalue weighted by Gasteiger charge is 2.49. The van der Waals surface area contributed by atoms with E-state index in [4.69, 9.17) is 4.74 Å². The third kappa shape index (κ3) is 5.19. The summed E-state index contributed by atoms with van der Waals surface area (Å²) in [7, 11) is 0. The molecule has 9 nitrogen and oxygen atoms in total. The van der Waals surface area contributed by atoms with Gasteiger partial charge in [-0.25, -0.2) is 4.79 Å². The number of ether oxygens (including phenoxy) is 1. The number of nitrogens with zero attached hydrogens (tertiary/aromatic N) is 4. The first kappa shape index (κ1) is 23.1. The van der Waals surface area contributed by atoms with Gasteiger partial charge < -0.3 is 15.0 Å². The van der Waals surface area contributed by atoms with Crippen LogP contribution in [-0.2, 0) is 20.9 Å². The highest BCUT2D eigenvalue weighted by Crippen LogP contribution is 2.34. The molecule has 3 rings (SSSR count). The van der Waals surface area contributed by atoms with E-state index in [0.29, 0.717) is 44.6 Å². The molecule has 2 fully saturated rings. The summed E-state index contributed by atoms with van der Waals surface area (Å²) in [5, 5.41) is 7.09. The van der Waals surface area contributed by atoms with E-state index in [1.807, 2.05) is 40.8 Å². The van der Waals surface area contributed by atoms with Gasteiger partial charge in [0.2, 0.25) is 11.8 Å². The van der Waals surface area contributed by atoms with Crippen LogP contribution in [0.15, 0.2) is 12.4 Å². The molecule has 0 spiro atoms. The number of nitrogens with one attached hydrogen (secondary N) is 1. The molecule has 3 heterocycles. The number of amides is 3. The van der Waals surface area contributed by atoms with Crippen LogP contribution in [-0.4, -0.2) is 68.3 Å². The van der Waals surface area contributed by atoms with Gasteiger partial charge in [-0.3, -0.25) is 19.2 Å². The summed E-state index contributed by atoms with van der Waals surface area (Å²) in [6, 6.07) is 0. The molecule has 0 saturated carbocycles. The Bertz CT molecular complexity index is 822. The standard InChI is InChI=1S/C22H35N5O4/c1-6-26-15-17(14-23-26)24-18(28)16-8-12-25(13-9-16)19(29)22(5)10-7-11-27(22)20(30)31-21(2,3)4/h14-16H,6-13H2,1-5H3,(H,24,28). The maximum Gasteiger partial charge on any atom is 0.411 e. The Morgan fingerprint density at radius 1 is 1.23 bits per heavy atom. The zero-order valence-electron chi connectivity index (χ0n) is 19.3. The van der Waals surface area contributed by atoms with Crippen molar-refractivity contribution in [2.45, 2.75) is 78.0 Å². The minimum atomic E-state index is -0.897. The maximum absolute atomic E-state index is 13.4. The lowest BCUT2D eigenvalue weighted by atomic mass is 9.92. The van der Waals surface area contributed by atoms with Gasteiger partial charge in [-0.2, -0.15) is 5.10 Å². The second-order valence-corrected chi connectivity index (χ2v) is 9.65. The molecule has 1 unspecified atom stereocenters. The van der Waals surface area contributed by atoms with Gasteiger partial charge in [0.05, 0.1) is 11.9 Å². The van der Waals surface area contributed by atoms with E-state index in [2.05, 4.69) is 10.4 Å². The predicted molar refractivity (Wildman–Crippen MR) is 116 cm³/mol. The number of aromatic nitrogens is 2. The molecule has 1 aromatic heterocycles. The number of piperidine rings is 1. The van der Waals surface area contributed by atoms with Crippen LogP contribution in [0.5, 0.6) is 0 Å². The van der Waals surface area contributed by atoms with E-state index in [-0.39, 0.29) is 17.7 Å². The third-order valence-electron chi connectivity index (χ3n) is 6.09. The second kappa shape index (κ2) is 8.88. The van der Waals surface area contributed by atoms with E-state index >= 15 is 0 Å². The van der Waals surface area contributed by atoms with E-state index in [0.717, 1.165) is 13.0 Å². The summed E-state index contributed by atoms with van der Waals surface area (Å²) in [6.07, 6.45) is 5.60. The summed E-state index contributed by atoms with van der Waals surface area (Å²) in [6.45, 7) is 11.6. The fraction of sp³-hybridized carbons (Fsp3) is 0.727. The zero-order chi connectivity index (χ0) is 22.8. The van der Waals surface area contributed by atoms with Gasteiger partial charge in [-0.15, -0.1) is 0 Å². The van der Waals surface area contributed by atoms with Crippen molar-refractivity contribution >= 4 is 23.6 Å². The molecule has 0 bridgehead atoms. The van der Waals surface area contributed by atoms with Crippen LogP contribution in [0, 0.1) is 5.92 Å². The molecule has 1 aromatic rings. The highest BCUT2D eigenvalue weighted by atomic mass is 16.6. The first-order valence-electron chi connectivity index (χ1n) is 11.2. The SMILES string of the molecule is CCn1cc(NC(=O)C2CCN(C(=O)C3(C)CCCN3C(=O)OC(C)(C)C)CC2)cn1. The Hall–Kier alpha value is -2.58. The van der Waals surface area contributed by atoms with Gasteiger partial charge >= 0.3 is 6.09 Å². The van der Waals surface area contributed by atoms with Crippen molar-refractivity contribution in [3.05, 3.63) is 12.4 Å². The lowest BCUT2D eigenvalue weighted by Gasteiger charge is -2.40. The second-order valence-electron chi connectivity index (χ2n) is 9.65. The minimum Gasteiger partial charge on any atom is -0.444 e. The number of likely N-dealkylation sites (tertiary alicyclic amines) is 2. The Kier molecular flexibility index (Phi) is 6.62. The monoisotopic (exact) mass is 433 g/mol. The molecular formula is C22H35N5O4. The van der Waals surface area contributed by atoms with Gasteiger partial charge in [0.1, 0.15) is 11.1 Å². The summed E-state index contributed by atoms with van der Waals surface area (Å²) in [4.78, 5) is 42.0. The van der Waals surface area contributed by atoms with Gasteiger partial charge in [0.25, 0.3) is 0 Å². The first-order chi connectivity index (χ1) is 14.5. The topological polar surface area (TPSA) is 96.8 Å². The first-order valence-corrected chi connectivity index (χ1v) is 11.2. The number of anilines is 1. The molecule has 31 heavy (non-hydrogen) atoms. The van der Waals surface area contributed by atoms with Crippen LogP contribution >= 0.6 is 0 Å². The van der Waals surface area contributed by atoms with Crippen LogP contribution in [0.1, 0.15) is 60.3 Å². The number of aryl methyl sites for hydroxylation is 1. The van der Waals surface area contributed by atoms with E-state index in [1.165, 1.54) is 0 Å². The summed E-state index contributed by atoms with van der Waals surface area (Å²) >= 11 is 0. The number of hydrogen-bond acceptors (Lipinski definition) is 5. The molecule has 1 atom stereocenters. The average Bonchev–Trinajstić information content (AvgIpc) is 3.33. The maximum atomic E-state index is 13.4. The largest absolute Gasteiger partial charge is 0.444 e. The molecule has 0 aliphatic carbocycles. The molecule has 0 aromatic carbocycles. The van der Waals surface area contributed by atoms with E-state index < -0.39 is 17.2 Å². The fourth-order valence-corrected chi connectivity index (χ4v) is 4.33. The van der Waals surface area contributed by atoms with Gasteiger partial charge in [0, 0.05) is 38.3 Å². The molecule has 172 valence electrons. The summed E-state index contributed by atoms with van der Waals surface area (Å²) in [5.41, 5.74) is -0.813. The molecule has 0 radical (unpaired) electrons. The van der Waals surface area contributed by atoms with Crippen LogP contribution in [0.4, 0.5) is 10.5 Å². The lowest BCUT2D eigenvalue weighted by molar-refractivity contribution is -0.144. The smallest absolute Gasteiger partial charge is 0.411 e. The molecule has 2 aliphatic heterocycles. The Morgan fingerprint density at radius 3 is 2.48 bits per heavy atom. The quantitative estimate of drug-likeness (QED) is 0.788. The molecule has 1 N–H and O–H groups in total. The van der Waals surface area contributed by atoms with Crippen LogP contribution < -0.4 is 5.32 Å². The van der Waals surface area contributed by atoms with Crippen LogP contribution in [0.25, 0.3) is 0 Å². The molecule has 3 amide bonds. The Labute approximate surface area is 184 Å². The fourth-order valence-electron chi connectivity index (χ4n) is 4.33. The number of carbonyl (C=O) groups is 3. The predicted octanol–water partition coefficient (Wildman–Crippen LogP) is 2.87. The van der Waals surface area contributed by atoms with Crippen molar-refractivity contribution in [3.8, 4) is 0 Å². The molecule has 2 aliphatic rings. The normalized spacial score (nSPS) is 22.5. The Morgan fingerprint density at radius 2 is 1.90 bits per heavy atom. The van der Waals surface area contributed by atoms with Gasteiger partial charge in [0.15, 0.2) is 0 Å². The van der Waals surface area contributed by atoms with Crippen LogP contribution in [0.2, 0.25) is 0 Å². The molecule has 2 saturated heterocycles. The van der Waals surface area contributed by atoms with Gasteiger partial charge in [-0.1, -0.05) is 0 Å². The minimum absolute atomic E-state index is 0.0368. The van der Waals surface area contributed by atoms with E-state index in [1.54, 1.807) is 20.7 Å². The van der Waals surface area contributed by atoms with Crippen molar-refractivity contribution in [3.63, 3.8) is 0 Å². The average molecular weight is 434 g/mol. The number of rotatable bonds is 4. The summed E-state index contributed by atoms with van der Waals surface area (Å²) in [5.74, 6) is -0.239. The Balaban J connectivity index is 1.57. The van der Waals surface area contributed by atoms with Crippen molar-refractivity contribution in [2.24, 2.45) is 5.92 Å². The van der Waals surface area contributed by atoms with Crippen molar-refractivity contribution < 1.29 is 19.1 Å². The zero-order valence-corrected chi connectivity index (χ0v) is 19.3. The van der Waals surface area contributed by atoms with Crippen molar-refractivity contribution in [1.82, 2.24) is 19.6 Å². The summed E-state index contributed by atoms with van der Waals surface area (Å²) < 4.78 is 7.29. The lowest BCUT2D eigenvalue weighted by Crippen LogP contribution is -2.58. The highest BCUT2D eigenvalue weighted by molar-refractivity contribution is 5.93. The number of carbonyl (C=O) groups excluding carboxylic acids is 3. The molecule has 9 heteroatoms. The van der Waals surface area contributed by atoms with Crippen LogP contribution in [0.3, 0.4) is 0 Å². The number of hydrogen-bond donors (Lipinski definition) is 1.